The van der Waals surface area contributed by atoms with E-state index in [-0.39, 0.29) is 11.8 Å². The molecule has 0 aliphatic heterocycles. The van der Waals surface area contributed by atoms with Gasteiger partial charge in [0.1, 0.15) is 0 Å². The van der Waals surface area contributed by atoms with Crippen LogP contribution in [0.1, 0.15) is 28.9 Å². The molecule has 1 aromatic heterocycles. The molecule has 1 heterocycles. The van der Waals surface area contributed by atoms with Crippen LogP contribution in [0.4, 0.5) is 0 Å². The lowest BCUT2D eigenvalue weighted by Crippen LogP contribution is -2.20. The molecule has 0 aromatic carbocycles. The highest BCUT2D eigenvalue weighted by Gasteiger charge is 2.10. The highest BCUT2D eigenvalue weighted by molar-refractivity contribution is 7.11. The second kappa shape index (κ2) is 4.55. The molecule has 1 unspecified atom stereocenters. The Balaban J connectivity index is 2.50. The van der Waals surface area contributed by atoms with E-state index in [4.69, 9.17) is 5.73 Å². The molecule has 3 nitrogen and oxygen atoms in total. The Morgan fingerprint density at radius 2 is 2.21 bits per heavy atom. The van der Waals surface area contributed by atoms with E-state index >= 15 is 0 Å². The van der Waals surface area contributed by atoms with E-state index in [0.717, 1.165) is 23.5 Å². The molecule has 1 atom stereocenters. The molecule has 1 aromatic rings. The highest BCUT2D eigenvalue weighted by atomic mass is 32.1. The number of hydrogen-bond donors (Lipinski definition) is 1. The Labute approximate surface area is 88.3 Å². The van der Waals surface area contributed by atoms with Crippen LogP contribution in [0, 0.1) is 19.8 Å². The molecular formula is C10H16N2OS. The summed E-state index contributed by atoms with van der Waals surface area (Å²) < 4.78 is 0. The Morgan fingerprint density at radius 1 is 1.57 bits per heavy atom. The summed E-state index contributed by atoms with van der Waals surface area (Å²) >= 11 is 1.70. The fourth-order valence-electron chi connectivity index (χ4n) is 1.13. The van der Waals surface area contributed by atoms with Crippen LogP contribution in [0.15, 0.2) is 0 Å². The van der Waals surface area contributed by atoms with Crippen molar-refractivity contribution >= 4 is 17.2 Å². The van der Waals surface area contributed by atoms with Crippen molar-refractivity contribution in [3.05, 3.63) is 15.6 Å². The number of rotatable bonds is 4. The van der Waals surface area contributed by atoms with Crippen molar-refractivity contribution < 1.29 is 4.79 Å². The summed E-state index contributed by atoms with van der Waals surface area (Å²) in [5.74, 6) is -0.283. The second-order valence-electron chi connectivity index (χ2n) is 3.59. The minimum atomic E-state index is -0.227. The van der Waals surface area contributed by atoms with Gasteiger partial charge in [0, 0.05) is 17.2 Å². The Morgan fingerprint density at radius 3 is 2.64 bits per heavy atom. The minimum absolute atomic E-state index is 0.0560. The Bertz CT molecular complexity index is 313. The molecule has 0 aliphatic carbocycles. The zero-order chi connectivity index (χ0) is 10.7. The van der Waals surface area contributed by atoms with Crippen LogP contribution < -0.4 is 5.73 Å². The number of aromatic nitrogens is 1. The van der Waals surface area contributed by atoms with E-state index in [1.54, 1.807) is 11.3 Å². The standard InChI is InChI=1S/C10H16N2OS/c1-6(10(11)13)4-5-9-12-7(2)8(3)14-9/h6H,4-5H2,1-3H3,(H2,11,13). The summed E-state index contributed by atoms with van der Waals surface area (Å²) in [6, 6.07) is 0. The first-order valence-electron chi connectivity index (χ1n) is 4.73. The molecule has 2 N–H and O–H groups in total. The molecule has 0 saturated carbocycles. The van der Waals surface area contributed by atoms with Gasteiger partial charge in [0.05, 0.1) is 10.7 Å². The molecule has 4 heteroatoms. The number of hydrogen-bond acceptors (Lipinski definition) is 3. The number of nitrogens with zero attached hydrogens (tertiary/aromatic N) is 1. The maximum absolute atomic E-state index is 10.8. The van der Waals surface area contributed by atoms with Gasteiger partial charge in [0.2, 0.25) is 5.91 Å². The first kappa shape index (κ1) is 11.2. The van der Waals surface area contributed by atoms with Gasteiger partial charge in [0.15, 0.2) is 0 Å². The van der Waals surface area contributed by atoms with E-state index < -0.39 is 0 Å². The van der Waals surface area contributed by atoms with Gasteiger partial charge in [-0.25, -0.2) is 4.98 Å². The molecule has 0 saturated heterocycles. The van der Waals surface area contributed by atoms with Gasteiger partial charge >= 0.3 is 0 Å². The van der Waals surface area contributed by atoms with Gasteiger partial charge in [-0.05, 0) is 20.3 Å². The summed E-state index contributed by atoms with van der Waals surface area (Å²) in [6.07, 6.45) is 1.64. The largest absolute Gasteiger partial charge is 0.369 e. The van der Waals surface area contributed by atoms with Crippen LogP contribution in [-0.4, -0.2) is 10.9 Å². The lowest BCUT2D eigenvalue weighted by Gasteiger charge is -2.03. The van der Waals surface area contributed by atoms with Crippen molar-refractivity contribution in [1.29, 1.82) is 0 Å². The van der Waals surface area contributed by atoms with Crippen molar-refractivity contribution in [1.82, 2.24) is 4.98 Å². The van der Waals surface area contributed by atoms with Crippen molar-refractivity contribution in [3.63, 3.8) is 0 Å². The SMILES string of the molecule is Cc1nc(CCC(C)C(N)=O)sc1C. The second-order valence-corrected chi connectivity index (χ2v) is 4.88. The molecule has 14 heavy (non-hydrogen) atoms. The number of nitrogens with two attached hydrogens (primary N) is 1. The van der Waals surface area contributed by atoms with E-state index in [1.807, 2.05) is 13.8 Å². The highest BCUT2D eigenvalue weighted by Crippen LogP contribution is 2.19. The summed E-state index contributed by atoms with van der Waals surface area (Å²) in [5.41, 5.74) is 6.27. The monoisotopic (exact) mass is 212 g/mol. The molecule has 0 spiro atoms. The van der Waals surface area contributed by atoms with Gasteiger partial charge < -0.3 is 5.73 Å². The van der Waals surface area contributed by atoms with Gasteiger partial charge in [-0.3, -0.25) is 4.79 Å². The zero-order valence-corrected chi connectivity index (χ0v) is 9.65. The first-order valence-corrected chi connectivity index (χ1v) is 5.54. The van der Waals surface area contributed by atoms with Crippen LogP contribution in [0.25, 0.3) is 0 Å². The van der Waals surface area contributed by atoms with Crippen molar-refractivity contribution in [2.75, 3.05) is 0 Å². The first-order chi connectivity index (χ1) is 6.50. The summed E-state index contributed by atoms with van der Waals surface area (Å²) in [4.78, 5) is 16.5. The van der Waals surface area contributed by atoms with Crippen molar-refractivity contribution in [2.24, 2.45) is 11.7 Å². The van der Waals surface area contributed by atoms with Gasteiger partial charge in [-0.15, -0.1) is 11.3 Å². The van der Waals surface area contributed by atoms with Gasteiger partial charge in [0.25, 0.3) is 0 Å². The van der Waals surface area contributed by atoms with E-state index in [9.17, 15) is 4.79 Å². The molecule has 78 valence electrons. The molecular weight excluding hydrogens is 196 g/mol. The smallest absolute Gasteiger partial charge is 0.220 e. The van der Waals surface area contributed by atoms with Crippen LogP contribution >= 0.6 is 11.3 Å². The maximum atomic E-state index is 10.8. The third-order valence-corrected chi connectivity index (χ3v) is 3.48. The molecule has 1 rings (SSSR count). The summed E-state index contributed by atoms with van der Waals surface area (Å²) in [5, 5.41) is 1.10. The fourth-order valence-corrected chi connectivity index (χ4v) is 2.08. The van der Waals surface area contributed by atoms with Gasteiger partial charge in [-0.1, -0.05) is 6.92 Å². The number of carbonyl (C=O) groups is 1. The lowest BCUT2D eigenvalue weighted by atomic mass is 10.1. The average Bonchev–Trinajstić information content (AvgIpc) is 2.42. The summed E-state index contributed by atoms with van der Waals surface area (Å²) in [6.45, 7) is 5.93. The van der Waals surface area contributed by atoms with E-state index in [1.165, 1.54) is 4.88 Å². The molecule has 0 bridgehead atoms. The topological polar surface area (TPSA) is 56.0 Å². The predicted octanol–water partition coefficient (Wildman–Crippen LogP) is 1.81. The summed E-state index contributed by atoms with van der Waals surface area (Å²) in [7, 11) is 0. The lowest BCUT2D eigenvalue weighted by molar-refractivity contribution is -0.121. The van der Waals surface area contributed by atoms with Crippen molar-refractivity contribution in [3.8, 4) is 0 Å². The Hall–Kier alpha value is -0.900. The van der Waals surface area contributed by atoms with Crippen LogP contribution in [0.2, 0.25) is 0 Å². The maximum Gasteiger partial charge on any atom is 0.220 e. The zero-order valence-electron chi connectivity index (χ0n) is 8.83. The van der Waals surface area contributed by atoms with E-state index in [2.05, 4.69) is 11.9 Å². The number of carbonyl (C=O) groups excluding carboxylic acids is 1. The van der Waals surface area contributed by atoms with Gasteiger partial charge in [-0.2, -0.15) is 0 Å². The normalized spacial score (nSPS) is 12.8. The van der Waals surface area contributed by atoms with Crippen LogP contribution in [0.5, 0.6) is 0 Å². The predicted molar refractivity (Wildman–Crippen MR) is 58.3 cm³/mol. The molecule has 0 radical (unpaired) electrons. The van der Waals surface area contributed by atoms with Crippen molar-refractivity contribution in [2.45, 2.75) is 33.6 Å². The number of thiazole rings is 1. The third kappa shape index (κ3) is 2.80. The fraction of sp³-hybridized carbons (Fsp3) is 0.600. The van der Waals surface area contributed by atoms with E-state index in [0.29, 0.717) is 0 Å². The third-order valence-electron chi connectivity index (χ3n) is 2.35. The number of aryl methyl sites for hydroxylation is 3. The number of amides is 1. The molecule has 0 fully saturated rings. The minimum Gasteiger partial charge on any atom is -0.369 e. The molecule has 0 aliphatic rings. The quantitative estimate of drug-likeness (QED) is 0.827. The average molecular weight is 212 g/mol. The Kier molecular flexibility index (Phi) is 3.63. The van der Waals surface area contributed by atoms with Crippen LogP contribution in [-0.2, 0) is 11.2 Å². The number of primary amides is 1. The molecule has 1 amide bonds. The van der Waals surface area contributed by atoms with Crippen LogP contribution in [0.3, 0.4) is 0 Å².